The molecule has 0 aliphatic rings. The Morgan fingerprint density at radius 3 is 2.50 bits per heavy atom. The van der Waals surface area contributed by atoms with Crippen molar-refractivity contribution in [3.05, 3.63) is 84.2 Å². The monoisotopic (exact) mass is 469 g/mol. The first-order valence-corrected chi connectivity index (χ1v) is 11.5. The molecule has 0 radical (unpaired) electrons. The maximum atomic E-state index is 12.3. The van der Waals surface area contributed by atoms with Gasteiger partial charge in [-0.25, -0.2) is 22.7 Å². The summed E-state index contributed by atoms with van der Waals surface area (Å²) in [6.07, 6.45) is 12.1. The molecule has 0 fully saturated rings. The Hall–Kier alpha value is -4.53. The van der Waals surface area contributed by atoms with E-state index in [-0.39, 0.29) is 11.5 Å². The van der Waals surface area contributed by atoms with Gasteiger partial charge in [0, 0.05) is 18.7 Å². The largest absolute Gasteiger partial charge is 0.489 e. The van der Waals surface area contributed by atoms with Crippen molar-refractivity contribution in [1.82, 2.24) is 14.3 Å². The van der Waals surface area contributed by atoms with E-state index in [4.69, 9.17) is 22.3 Å². The van der Waals surface area contributed by atoms with E-state index in [0.29, 0.717) is 33.8 Å². The Bertz CT molecular complexity index is 1540. The highest BCUT2D eigenvalue weighted by atomic mass is 32.2. The molecule has 0 aliphatic carbocycles. The molecule has 4 aromatic rings. The normalized spacial score (nSPS) is 10.8. The zero-order chi connectivity index (χ0) is 24.1. The van der Waals surface area contributed by atoms with Crippen molar-refractivity contribution in [3.63, 3.8) is 0 Å². The Morgan fingerprint density at radius 1 is 0.971 bits per heavy atom. The summed E-state index contributed by atoms with van der Waals surface area (Å²) in [4.78, 5) is 8.64. The molecule has 1 heterocycles. The number of hydrogen-bond donors (Lipinski definition) is 0. The van der Waals surface area contributed by atoms with Gasteiger partial charge in [-0.1, -0.05) is 30.5 Å². The lowest BCUT2D eigenvalue weighted by atomic mass is 10.2. The van der Waals surface area contributed by atoms with Gasteiger partial charge in [0.1, 0.15) is 24.4 Å². The van der Waals surface area contributed by atoms with E-state index in [1.54, 1.807) is 36.4 Å². The van der Waals surface area contributed by atoms with Gasteiger partial charge in [-0.05, 0) is 54.1 Å². The molecule has 0 spiro atoms. The minimum Gasteiger partial charge on any atom is -0.489 e. The van der Waals surface area contributed by atoms with E-state index in [1.807, 2.05) is 18.2 Å². The molecule has 0 N–H and O–H groups in total. The van der Waals surface area contributed by atoms with Crippen LogP contribution in [0.2, 0.25) is 0 Å². The number of terminal acetylenes is 2. The van der Waals surface area contributed by atoms with Gasteiger partial charge in [0.2, 0.25) is 5.88 Å². The van der Waals surface area contributed by atoms with Gasteiger partial charge in [-0.3, -0.25) is 0 Å². The first-order chi connectivity index (χ1) is 16.4. The van der Waals surface area contributed by atoms with Gasteiger partial charge in [0.25, 0.3) is 10.0 Å². The SMILES string of the molecule is C#Cc1cccc(Oc2ncnc3ccc(OCc4ccc(S(=O)(=O)N(C)C#C)cc4)cc23)c1. The lowest BCUT2D eigenvalue weighted by molar-refractivity contribution is 0.306. The summed E-state index contributed by atoms with van der Waals surface area (Å²) in [5.74, 6) is 4.09. The third-order valence-corrected chi connectivity index (χ3v) is 6.65. The molecule has 0 saturated carbocycles. The Morgan fingerprint density at radius 2 is 1.76 bits per heavy atom. The zero-order valence-electron chi connectivity index (χ0n) is 18.2. The van der Waals surface area contributed by atoms with Gasteiger partial charge in [-0.15, -0.1) is 6.42 Å². The van der Waals surface area contributed by atoms with Crippen molar-refractivity contribution < 1.29 is 17.9 Å². The van der Waals surface area contributed by atoms with Gasteiger partial charge < -0.3 is 9.47 Å². The van der Waals surface area contributed by atoms with E-state index in [2.05, 4.69) is 21.9 Å². The first kappa shape index (κ1) is 22.7. The maximum Gasteiger partial charge on any atom is 0.270 e. The Labute approximate surface area is 198 Å². The molecule has 0 unspecified atom stereocenters. The second kappa shape index (κ2) is 9.53. The highest BCUT2D eigenvalue weighted by Gasteiger charge is 2.18. The lowest BCUT2D eigenvalue weighted by Gasteiger charge is -2.13. The van der Waals surface area contributed by atoms with Crippen LogP contribution in [0.3, 0.4) is 0 Å². The van der Waals surface area contributed by atoms with Crippen molar-refractivity contribution in [2.75, 3.05) is 7.05 Å². The Balaban J connectivity index is 1.53. The summed E-state index contributed by atoms with van der Waals surface area (Å²) < 4.78 is 37.3. The summed E-state index contributed by atoms with van der Waals surface area (Å²) in [6.45, 7) is 0.227. The highest BCUT2D eigenvalue weighted by Crippen LogP contribution is 2.30. The maximum absolute atomic E-state index is 12.3. The summed E-state index contributed by atoms with van der Waals surface area (Å²) >= 11 is 0. The molecule has 0 saturated heterocycles. The van der Waals surface area contributed by atoms with Crippen molar-refractivity contribution in [3.8, 4) is 42.2 Å². The van der Waals surface area contributed by atoms with Crippen molar-refractivity contribution >= 4 is 20.9 Å². The molecule has 4 rings (SSSR count). The number of rotatable bonds is 7. The van der Waals surface area contributed by atoms with Crippen LogP contribution in [0.4, 0.5) is 0 Å². The van der Waals surface area contributed by atoms with Gasteiger partial charge in [0.15, 0.2) is 0 Å². The van der Waals surface area contributed by atoms with Crippen molar-refractivity contribution in [1.29, 1.82) is 0 Å². The van der Waals surface area contributed by atoms with Crippen LogP contribution >= 0.6 is 0 Å². The summed E-state index contributed by atoms with van der Waals surface area (Å²) in [5, 5.41) is 0.671. The van der Waals surface area contributed by atoms with Gasteiger partial charge in [-0.2, -0.15) is 0 Å². The quantitative estimate of drug-likeness (QED) is 0.298. The van der Waals surface area contributed by atoms with E-state index in [9.17, 15) is 8.42 Å². The van der Waals surface area contributed by atoms with E-state index < -0.39 is 10.0 Å². The summed E-state index contributed by atoms with van der Waals surface area (Å²) in [5.41, 5.74) is 2.18. The Kier molecular flexibility index (Phi) is 6.35. The summed E-state index contributed by atoms with van der Waals surface area (Å²) in [6, 6.07) is 21.0. The third kappa shape index (κ3) is 4.78. The predicted molar refractivity (Wildman–Crippen MR) is 129 cm³/mol. The smallest absolute Gasteiger partial charge is 0.270 e. The topological polar surface area (TPSA) is 81.6 Å². The average Bonchev–Trinajstić information content (AvgIpc) is 2.87. The van der Waals surface area contributed by atoms with Gasteiger partial charge >= 0.3 is 0 Å². The molecule has 0 bridgehead atoms. The van der Waals surface area contributed by atoms with Crippen LogP contribution in [0, 0.1) is 24.8 Å². The third-order valence-electron chi connectivity index (χ3n) is 4.95. The average molecular weight is 470 g/mol. The van der Waals surface area contributed by atoms with E-state index in [0.717, 1.165) is 9.87 Å². The number of ether oxygens (including phenoxy) is 2. The van der Waals surface area contributed by atoms with Crippen LogP contribution in [0.15, 0.2) is 78.0 Å². The molecule has 168 valence electrons. The lowest BCUT2D eigenvalue weighted by Crippen LogP contribution is -2.21. The number of hydrogen-bond acceptors (Lipinski definition) is 6. The van der Waals surface area contributed by atoms with Crippen LogP contribution in [0.25, 0.3) is 10.9 Å². The zero-order valence-corrected chi connectivity index (χ0v) is 19.0. The number of sulfonamides is 1. The van der Waals surface area contributed by atoms with Gasteiger partial charge in [0.05, 0.1) is 15.8 Å². The number of benzene rings is 3. The fourth-order valence-electron chi connectivity index (χ4n) is 3.10. The number of aromatic nitrogens is 2. The van der Waals surface area contributed by atoms with Crippen LogP contribution in [0.5, 0.6) is 17.4 Å². The van der Waals surface area contributed by atoms with E-state index >= 15 is 0 Å². The van der Waals surface area contributed by atoms with E-state index in [1.165, 1.54) is 25.5 Å². The predicted octanol–water partition coefficient (Wildman–Crippen LogP) is 4.19. The fraction of sp³-hybridized carbons (Fsp3) is 0.0769. The van der Waals surface area contributed by atoms with Crippen molar-refractivity contribution in [2.45, 2.75) is 11.5 Å². The molecule has 0 amide bonds. The van der Waals surface area contributed by atoms with Crippen LogP contribution in [0.1, 0.15) is 11.1 Å². The molecular formula is C26H19N3O4S. The highest BCUT2D eigenvalue weighted by molar-refractivity contribution is 7.89. The number of fused-ring (bicyclic) bond motifs is 1. The second-order valence-electron chi connectivity index (χ2n) is 7.17. The molecule has 3 aromatic carbocycles. The molecular weight excluding hydrogens is 450 g/mol. The van der Waals surface area contributed by atoms with Crippen LogP contribution in [-0.4, -0.2) is 29.7 Å². The molecule has 34 heavy (non-hydrogen) atoms. The standard InChI is InChI=1S/C26H19N3O4S/c1-4-19-7-6-8-22(15-19)33-26-24-16-21(11-14-25(24)27-18-28-26)32-17-20-9-12-23(13-10-20)34(30,31)29(3)5-2/h1-2,6-16,18H,17H2,3H3. The number of nitrogens with zero attached hydrogens (tertiary/aromatic N) is 3. The second-order valence-corrected chi connectivity index (χ2v) is 9.14. The first-order valence-electron chi connectivity index (χ1n) is 10.1. The van der Waals surface area contributed by atoms with Crippen molar-refractivity contribution in [2.24, 2.45) is 0 Å². The fourth-order valence-corrected chi connectivity index (χ4v) is 4.03. The molecule has 0 atom stereocenters. The molecule has 0 aliphatic heterocycles. The molecule has 7 nitrogen and oxygen atoms in total. The minimum absolute atomic E-state index is 0.107. The van der Waals surface area contributed by atoms with Crippen LogP contribution < -0.4 is 9.47 Å². The molecule has 8 heteroatoms. The minimum atomic E-state index is -3.71. The molecule has 1 aromatic heterocycles. The van der Waals surface area contributed by atoms with Crippen LogP contribution in [-0.2, 0) is 16.6 Å². The summed E-state index contributed by atoms with van der Waals surface area (Å²) in [7, 11) is -2.40.